The Morgan fingerprint density at radius 3 is 2.35 bits per heavy atom. The summed E-state index contributed by atoms with van der Waals surface area (Å²) in [5, 5.41) is 21.5. The van der Waals surface area contributed by atoms with E-state index in [0.717, 1.165) is 37.0 Å². The van der Waals surface area contributed by atoms with Crippen molar-refractivity contribution in [3.63, 3.8) is 0 Å². The molecule has 2 heteroatoms. The second-order valence-corrected chi connectivity index (χ2v) is 11.2. The Labute approximate surface area is 161 Å². The van der Waals surface area contributed by atoms with Gasteiger partial charge in [-0.2, -0.15) is 0 Å². The molecule has 0 radical (unpaired) electrons. The van der Waals surface area contributed by atoms with Gasteiger partial charge >= 0.3 is 0 Å². The van der Waals surface area contributed by atoms with Gasteiger partial charge in [-0.25, -0.2) is 0 Å². The van der Waals surface area contributed by atoms with Gasteiger partial charge in [0, 0.05) is 0 Å². The lowest BCUT2D eigenvalue weighted by atomic mass is 9.43. The van der Waals surface area contributed by atoms with Crippen molar-refractivity contribution < 1.29 is 10.2 Å². The second kappa shape index (κ2) is 6.76. The first-order valence-electron chi connectivity index (χ1n) is 11.7. The zero-order valence-corrected chi connectivity index (χ0v) is 17.6. The minimum absolute atomic E-state index is 0.128. The summed E-state index contributed by atoms with van der Waals surface area (Å²) in [4.78, 5) is 0. The van der Waals surface area contributed by atoms with Crippen molar-refractivity contribution >= 4 is 0 Å². The summed E-state index contributed by atoms with van der Waals surface area (Å²) >= 11 is 0. The van der Waals surface area contributed by atoms with E-state index in [2.05, 4.69) is 27.7 Å². The molecule has 10 atom stereocenters. The van der Waals surface area contributed by atoms with E-state index < -0.39 is 0 Å². The largest absolute Gasteiger partial charge is 0.393 e. The van der Waals surface area contributed by atoms with E-state index in [9.17, 15) is 10.2 Å². The first kappa shape index (κ1) is 19.2. The first-order valence-corrected chi connectivity index (χ1v) is 11.7. The summed E-state index contributed by atoms with van der Waals surface area (Å²) in [5.74, 6) is 4.15. The predicted octanol–water partition coefficient (Wildman–Crippen LogP) is 5.41. The maximum atomic E-state index is 11.3. The third-order valence-corrected chi connectivity index (χ3v) is 10.2. The van der Waals surface area contributed by atoms with Crippen LogP contribution in [0.25, 0.3) is 0 Å². The van der Waals surface area contributed by atoms with Crippen LogP contribution in [0, 0.1) is 46.3 Å². The number of hydrogen-bond acceptors (Lipinski definition) is 2. The predicted molar refractivity (Wildman–Crippen MR) is 107 cm³/mol. The van der Waals surface area contributed by atoms with Gasteiger partial charge in [-0.1, -0.05) is 40.5 Å². The molecule has 4 aliphatic rings. The molecule has 0 aromatic carbocycles. The summed E-state index contributed by atoms with van der Waals surface area (Å²) in [6.07, 6.45) is 11.8. The Hall–Kier alpha value is -0.0800. The van der Waals surface area contributed by atoms with Crippen molar-refractivity contribution in [2.75, 3.05) is 0 Å². The molecule has 0 aliphatic heterocycles. The molecule has 2 nitrogen and oxygen atoms in total. The molecule has 0 aromatic rings. The van der Waals surface area contributed by atoms with Gasteiger partial charge in [0.1, 0.15) is 0 Å². The van der Waals surface area contributed by atoms with E-state index in [1.54, 1.807) is 0 Å². The van der Waals surface area contributed by atoms with E-state index in [1.807, 2.05) is 0 Å². The fourth-order valence-electron chi connectivity index (χ4n) is 8.83. The number of aliphatic hydroxyl groups excluding tert-OH is 2. The quantitative estimate of drug-likeness (QED) is 0.704. The Morgan fingerprint density at radius 1 is 0.923 bits per heavy atom. The molecule has 4 rings (SSSR count). The lowest BCUT2D eigenvalue weighted by Crippen LogP contribution is -2.58. The normalized spacial score (nSPS) is 54.9. The molecule has 4 fully saturated rings. The fraction of sp³-hybridized carbons (Fsp3) is 1.00. The number of aliphatic hydroxyl groups is 2. The van der Waals surface area contributed by atoms with Crippen molar-refractivity contribution in [3.8, 4) is 0 Å². The topological polar surface area (TPSA) is 40.5 Å². The molecule has 2 N–H and O–H groups in total. The van der Waals surface area contributed by atoms with Gasteiger partial charge in [-0.15, -0.1) is 0 Å². The SMILES string of the molecule is CCC[C@@H](C)[C@H]1CC[C@H]2[C@H]3C(CC[C@]12C)[C@@]1(C)CC[C@@H](O)C[C@H]1C[C@H]3O. The zero-order chi connectivity index (χ0) is 18.7. The van der Waals surface area contributed by atoms with E-state index in [0.29, 0.717) is 28.6 Å². The molecule has 0 bridgehead atoms. The molecule has 0 amide bonds. The lowest BCUT2D eigenvalue weighted by molar-refractivity contribution is -0.174. The van der Waals surface area contributed by atoms with Crippen LogP contribution in [0.15, 0.2) is 0 Å². The number of rotatable bonds is 3. The fourth-order valence-corrected chi connectivity index (χ4v) is 8.83. The summed E-state index contributed by atoms with van der Waals surface area (Å²) in [6.45, 7) is 9.92. The van der Waals surface area contributed by atoms with Crippen LogP contribution in [0.4, 0.5) is 0 Å². The van der Waals surface area contributed by atoms with Gasteiger partial charge in [-0.05, 0) is 97.7 Å². The molecular formula is C24H42O2. The Kier molecular flexibility index (Phi) is 5.01. The van der Waals surface area contributed by atoms with Gasteiger partial charge < -0.3 is 10.2 Å². The molecule has 0 saturated heterocycles. The van der Waals surface area contributed by atoms with Crippen LogP contribution in [0.5, 0.6) is 0 Å². The standard InChI is InChI=1S/C24H42O2/c1-5-6-15(2)18-7-8-19-22-20(10-12-24(18,19)4)23(3)11-9-17(25)13-16(23)14-21(22)26/h15-22,25-26H,5-14H2,1-4H3/t15-,16+,17-,18-,19+,20?,21-,22+,23+,24-/m1/s1. The van der Waals surface area contributed by atoms with E-state index in [1.165, 1.54) is 44.9 Å². The van der Waals surface area contributed by atoms with Crippen LogP contribution in [0.3, 0.4) is 0 Å². The molecule has 150 valence electrons. The van der Waals surface area contributed by atoms with Crippen LogP contribution in [-0.4, -0.2) is 22.4 Å². The third-order valence-electron chi connectivity index (χ3n) is 10.2. The Bertz CT molecular complexity index is 518. The Balaban J connectivity index is 1.61. The number of hydrogen-bond donors (Lipinski definition) is 2. The average Bonchev–Trinajstić information content (AvgIpc) is 2.94. The lowest BCUT2D eigenvalue weighted by Gasteiger charge is -2.62. The van der Waals surface area contributed by atoms with Crippen molar-refractivity contribution in [1.29, 1.82) is 0 Å². The highest BCUT2D eigenvalue weighted by molar-refractivity contribution is 5.11. The third kappa shape index (κ3) is 2.72. The van der Waals surface area contributed by atoms with Gasteiger partial charge in [0.2, 0.25) is 0 Å². The van der Waals surface area contributed by atoms with Gasteiger partial charge in [0.25, 0.3) is 0 Å². The molecule has 4 aliphatic carbocycles. The average molecular weight is 363 g/mol. The molecule has 26 heavy (non-hydrogen) atoms. The van der Waals surface area contributed by atoms with Gasteiger partial charge in [0.05, 0.1) is 12.2 Å². The number of fused-ring (bicyclic) bond motifs is 5. The van der Waals surface area contributed by atoms with Gasteiger partial charge in [-0.3, -0.25) is 0 Å². The van der Waals surface area contributed by atoms with Crippen molar-refractivity contribution in [2.45, 2.75) is 104 Å². The van der Waals surface area contributed by atoms with Crippen molar-refractivity contribution in [2.24, 2.45) is 46.3 Å². The summed E-state index contributed by atoms with van der Waals surface area (Å²) in [6, 6.07) is 0. The van der Waals surface area contributed by atoms with Crippen LogP contribution in [0.1, 0.15) is 91.9 Å². The molecule has 0 heterocycles. The minimum Gasteiger partial charge on any atom is -0.393 e. The molecular weight excluding hydrogens is 320 g/mol. The van der Waals surface area contributed by atoms with Crippen LogP contribution in [0.2, 0.25) is 0 Å². The van der Waals surface area contributed by atoms with E-state index in [-0.39, 0.29) is 12.2 Å². The first-order chi connectivity index (χ1) is 12.3. The van der Waals surface area contributed by atoms with Crippen molar-refractivity contribution in [3.05, 3.63) is 0 Å². The smallest absolute Gasteiger partial charge is 0.0577 e. The van der Waals surface area contributed by atoms with Gasteiger partial charge in [0.15, 0.2) is 0 Å². The maximum Gasteiger partial charge on any atom is 0.0577 e. The summed E-state index contributed by atoms with van der Waals surface area (Å²) in [7, 11) is 0. The van der Waals surface area contributed by atoms with E-state index >= 15 is 0 Å². The highest BCUT2D eigenvalue weighted by Crippen LogP contribution is 2.68. The Morgan fingerprint density at radius 2 is 1.62 bits per heavy atom. The van der Waals surface area contributed by atoms with Crippen molar-refractivity contribution in [1.82, 2.24) is 0 Å². The summed E-state index contributed by atoms with van der Waals surface area (Å²) < 4.78 is 0. The van der Waals surface area contributed by atoms with E-state index in [4.69, 9.17) is 0 Å². The molecule has 0 spiro atoms. The van der Waals surface area contributed by atoms with Crippen LogP contribution >= 0.6 is 0 Å². The highest BCUT2D eigenvalue weighted by atomic mass is 16.3. The van der Waals surface area contributed by atoms with Crippen LogP contribution < -0.4 is 0 Å². The second-order valence-electron chi connectivity index (χ2n) is 11.2. The monoisotopic (exact) mass is 362 g/mol. The highest BCUT2D eigenvalue weighted by Gasteiger charge is 2.62. The zero-order valence-electron chi connectivity index (χ0n) is 17.6. The maximum absolute atomic E-state index is 11.3. The minimum atomic E-state index is -0.131. The van der Waals surface area contributed by atoms with Crippen LogP contribution in [-0.2, 0) is 0 Å². The summed E-state index contributed by atoms with van der Waals surface area (Å²) in [5.41, 5.74) is 0.811. The molecule has 1 unspecified atom stereocenters. The molecule has 4 saturated carbocycles. The molecule has 0 aromatic heterocycles.